The smallest absolute Gasteiger partial charge is 0.213 e. The molecule has 9 heteroatoms. The van der Waals surface area contributed by atoms with E-state index in [-0.39, 0.29) is 35.7 Å². The van der Waals surface area contributed by atoms with Crippen LogP contribution in [0.2, 0.25) is 0 Å². The standard InChI is InChI=1S/C19H26N4O3S.HI/c1-3-27(24,25)23(2)14-8-13-21-19(20)22-16-9-7-12-18(15-16)26-17-10-5-4-6-11-17;/h4-7,9-12,15H,3,8,13-14H2,1-2H3,(H3,20,21,22);1H. The molecule has 2 aromatic carbocycles. The van der Waals surface area contributed by atoms with Crippen molar-refractivity contribution in [2.75, 3.05) is 31.2 Å². The lowest BCUT2D eigenvalue weighted by molar-refractivity contribution is 0.465. The first-order valence-corrected chi connectivity index (χ1v) is 10.4. The molecule has 0 saturated carbocycles. The fourth-order valence-corrected chi connectivity index (χ4v) is 3.15. The lowest BCUT2D eigenvalue weighted by Crippen LogP contribution is -2.30. The van der Waals surface area contributed by atoms with E-state index in [1.807, 2.05) is 54.6 Å². The third-order valence-electron chi connectivity index (χ3n) is 3.84. The van der Waals surface area contributed by atoms with Crippen LogP contribution < -0.4 is 15.8 Å². The van der Waals surface area contributed by atoms with Crippen LogP contribution in [-0.4, -0.2) is 44.6 Å². The number of halogens is 1. The van der Waals surface area contributed by atoms with E-state index in [0.717, 1.165) is 11.4 Å². The maximum Gasteiger partial charge on any atom is 0.213 e. The van der Waals surface area contributed by atoms with Gasteiger partial charge in [-0.1, -0.05) is 24.3 Å². The number of para-hydroxylation sites is 1. The van der Waals surface area contributed by atoms with Gasteiger partial charge in [-0.05, 0) is 37.6 Å². The van der Waals surface area contributed by atoms with Crippen molar-refractivity contribution in [1.29, 1.82) is 0 Å². The molecule has 0 atom stereocenters. The van der Waals surface area contributed by atoms with Gasteiger partial charge in [-0.15, -0.1) is 24.0 Å². The molecule has 0 amide bonds. The molecule has 0 aliphatic rings. The number of nitrogens with zero attached hydrogens (tertiary/aromatic N) is 2. The highest BCUT2D eigenvalue weighted by Crippen LogP contribution is 2.23. The second kappa shape index (κ2) is 11.9. The lowest BCUT2D eigenvalue weighted by atomic mass is 10.3. The molecule has 0 unspecified atom stereocenters. The molecule has 28 heavy (non-hydrogen) atoms. The molecular weight excluding hydrogens is 491 g/mol. The van der Waals surface area contributed by atoms with E-state index >= 15 is 0 Å². The highest BCUT2D eigenvalue weighted by atomic mass is 127. The Hall–Kier alpha value is -1.85. The van der Waals surface area contributed by atoms with Gasteiger partial charge in [0, 0.05) is 31.9 Å². The van der Waals surface area contributed by atoms with Crippen LogP contribution in [0, 0.1) is 0 Å². The molecule has 0 heterocycles. The van der Waals surface area contributed by atoms with Gasteiger partial charge in [0.25, 0.3) is 0 Å². The summed E-state index contributed by atoms with van der Waals surface area (Å²) in [6.45, 7) is 2.47. The highest BCUT2D eigenvalue weighted by Gasteiger charge is 2.13. The quantitative estimate of drug-likeness (QED) is 0.229. The molecule has 0 radical (unpaired) electrons. The minimum atomic E-state index is -3.15. The van der Waals surface area contributed by atoms with Gasteiger partial charge in [0.05, 0.1) is 5.75 Å². The summed E-state index contributed by atoms with van der Waals surface area (Å²) in [6, 6.07) is 16.9. The van der Waals surface area contributed by atoms with Crippen molar-refractivity contribution in [1.82, 2.24) is 4.31 Å². The summed E-state index contributed by atoms with van der Waals surface area (Å²) in [5.74, 6) is 1.80. The van der Waals surface area contributed by atoms with Gasteiger partial charge in [-0.25, -0.2) is 12.7 Å². The minimum Gasteiger partial charge on any atom is -0.457 e. The van der Waals surface area contributed by atoms with E-state index in [0.29, 0.717) is 25.3 Å². The average Bonchev–Trinajstić information content (AvgIpc) is 2.66. The monoisotopic (exact) mass is 518 g/mol. The van der Waals surface area contributed by atoms with Crippen LogP contribution in [-0.2, 0) is 10.0 Å². The SMILES string of the molecule is CCS(=O)(=O)N(C)CCCN=C(N)Nc1cccc(Oc2ccccc2)c1.I. The second-order valence-corrected chi connectivity index (χ2v) is 8.28. The zero-order valence-electron chi connectivity index (χ0n) is 16.0. The summed E-state index contributed by atoms with van der Waals surface area (Å²) in [7, 11) is -1.58. The molecule has 154 valence electrons. The summed E-state index contributed by atoms with van der Waals surface area (Å²) in [6.07, 6.45) is 0.593. The molecule has 3 N–H and O–H groups in total. The van der Waals surface area contributed by atoms with E-state index < -0.39 is 10.0 Å². The van der Waals surface area contributed by atoms with Crippen molar-refractivity contribution < 1.29 is 13.2 Å². The third-order valence-corrected chi connectivity index (χ3v) is 5.70. The first-order chi connectivity index (χ1) is 12.9. The molecule has 0 aliphatic carbocycles. The van der Waals surface area contributed by atoms with Crippen molar-refractivity contribution in [2.24, 2.45) is 10.7 Å². The number of anilines is 1. The Morgan fingerprint density at radius 2 is 1.82 bits per heavy atom. The Labute approximate surface area is 184 Å². The number of rotatable bonds is 9. The number of nitrogens with two attached hydrogens (primary N) is 1. The zero-order chi connectivity index (χ0) is 19.7. The molecule has 0 bridgehead atoms. The number of hydrogen-bond acceptors (Lipinski definition) is 4. The number of nitrogens with one attached hydrogen (secondary N) is 1. The number of benzene rings is 2. The van der Waals surface area contributed by atoms with Gasteiger partial charge in [0.2, 0.25) is 10.0 Å². The topological polar surface area (TPSA) is 97.0 Å². The molecule has 0 aliphatic heterocycles. The van der Waals surface area contributed by atoms with Crippen molar-refractivity contribution in [3.8, 4) is 11.5 Å². The Morgan fingerprint density at radius 1 is 1.14 bits per heavy atom. The van der Waals surface area contributed by atoms with Crippen LogP contribution in [0.1, 0.15) is 13.3 Å². The normalized spacial score (nSPS) is 11.8. The van der Waals surface area contributed by atoms with Gasteiger partial charge in [-0.3, -0.25) is 4.99 Å². The number of ether oxygens (including phenoxy) is 1. The van der Waals surface area contributed by atoms with Gasteiger partial charge in [-0.2, -0.15) is 0 Å². The largest absolute Gasteiger partial charge is 0.457 e. The predicted octanol–water partition coefficient (Wildman–Crippen LogP) is 3.50. The number of guanidine groups is 1. The maximum atomic E-state index is 11.7. The van der Waals surface area contributed by atoms with Crippen LogP contribution in [0.15, 0.2) is 59.6 Å². The first kappa shape index (κ1) is 24.2. The fraction of sp³-hybridized carbons (Fsp3) is 0.316. The third kappa shape index (κ3) is 8.03. The lowest BCUT2D eigenvalue weighted by Gasteiger charge is -2.15. The molecule has 2 aromatic rings. The van der Waals surface area contributed by atoms with Crippen molar-refractivity contribution in [3.05, 3.63) is 54.6 Å². The molecule has 7 nitrogen and oxygen atoms in total. The van der Waals surface area contributed by atoms with Crippen molar-refractivity contribution >= 4 is 45.6 Å². The van der Waals surface area contributed by atoms with Crippen LogP contribution in [0.3, 0.4) is 0 Å². The van der Waals surface area contributed by atoms with E-state index in [1.54, 1.807) is 14.0 Å². The molecule has 0 aromatic heterocycles. The zero-order valence-corrected chi connectivity index (χ0v) is 19.2. The molecule has 2 rings (SSSR count). The summed E-state index contributed by atoms with van der Waals surface area (Å²) >= 11 is 0. The summed E-state index contributed by atoms with van der Waals surface area (Å²) in [5.41, 5.74) is 6.66. The predicted molar refractivity (Wildman–Crippen MR) is 125 cm³/mol. The average molecular weight is 518 g/mol. The van der Waals surface area contributed by atoms with Crippen molar-refractivity contribution in [2.45, 2.75) is 13.3 Å². The number of sulfonamides is 1. The van der Waals surface area contributed by atoms with Gasteiger partial charge in [0.1, 0.15) is 11.5 Å². The van der Waals surface area contributed by atoms with Crippen LogP contribution in [0.4, 0.5) is 5.69 Å². The molecule has 0 fully saturated rings. The van der Waals surface area contributed by atoms with Crippen LogP contribution >= 0.6 is 24.0 Å². The van der Waals surface area contributed by atoms with Gasteiger partial charge < -0.3 is 15.8 Å². The highest BCUT2D eigenvalue weighted by molar-refractivity contribution is 14.0. The minimum absolute atomic E-state index is 0. The Morgan fingerprint density at radius 3 is 2.50 bits per heavy atom. The second-order valence-electron chi connectivity index (χ2n) is 5.91. The maximum absolute atomic E-state index is 11.7. The summed E-state index contributed by atoms with van der Waals surface area (Å²) < 4.78 is 30.5. The van der Waals surface area contributed by atoms with E-state index in [1.165, 1.54) is 4.31 Å². The molecular formula is C19H27IN4O3S. The molecule has 0 spiro atoms. The number of aliphatic imine (C=N–C) groups is 1. The van der Waals surface area contributed by atoms with E-state index in [2.05, 4.69) is 10.3 Å². The Balaban J connectivity index is 0.00000392. The van der Waals surface area contributed by atoms with Gasteiger partial charge in [0.15, 0.2) is 5.96 Å². The first-order valence-electron chi connectivity index (χ1n) is 8.74. The van der Waals surface area contributed by atoms with Crippen molar-refractivity contribution in [3.63, 3.8) is 0 Å². The molecule has 0 saturated heterocycles. The summed E-state index contributed by atoms with van der Waals surface area (Å²) in [4.78, 5) is 4.23. The van der Waals surface area contributed by atoms with E-state index in [4.69, 9.17) is 10.5 Å². The van der Waals surface area contributed by atoms with Gasteiger partial charge >= 0.3 is 0 Å². The van der Waals surface area contributed by atoms with Crippen LogP contribution in [0.25, 0.3) is 0 Å². The van der Waals surface area contributed by atoms with Crippen LogP contribution in [0.5, 0.6) is 11.5 Å². The summed E-state index contributed by atoms with van der Waals surface area (Å²) in [5, 5.41) is 3.01. The number of hydrogen-bond donors (Lipinski definition) is 2. The Kier molecular flexibility index (Phi) is 10.3. The fourth-order valence-electron chi connectivity index (χ4n) is 2.30. The Bertz CT molecular complexity index is 860. The van der Waals surface area contributed by atoms with E-state index in [9.17, 15) is 8.42 Å².